The van der Waals surface area contributed by atoms with Gasteiger partial charge < -0.3 is 5.32 Å². The molecule has 1 aromatic rings. The zero-order valence-corrected chi connectivity index (χ0v) is 11.7. The Morgan fingerprint density at radius 3 is 2.72 bits per heavy atom. The maximum absolute atomic E-state index is 11.8. The zero-order valence-electron chi connectivity index (χ0n) is 10.1. The van der Waals surface area contributed by atoms with Crippen LogP contribution in [0.2, 0.25) is 5.02 Å². The summed E-state index contributed by atoms with van der Waals surface area (Å²) < 4.78 is 0. The summed E-state index contributed by atoms with van der Waals surface area (Å²) in [6, 6.07) is 7.22. The van der Waals surface area contributed by atoms with Crippen molar-refractivity contribution in [1.82, 2.24) is 5.32 Å². The van der Waals surface area contributed by atoms with Crippen LogP contribution in [0.5, 0.6) is 0 Å². The number of hydrogen-bond acceptors (Lipinski definition) is 2. The molecule has 2 unspecified atom stereocenters. The van der Waals surface area contributed by atoms with Gasteiger partial charge in [-0.1, -0.05) is 29.8 Å². The molecule has 18 heavy (non-hydrogen) atoms. The van der Waals surface area contributed by atoms with Gasteiger partial charge in [0.2, 0.25) is 0 Å². The number of carbonyl (C=O) groups is 1. The third-order valence-electron chi connectivity index (χ3n) is 3.02. The van der Waals surface area contributed by atoms with E-state index in [0.717, 1.165) is 11.3 Å². The number of ketones is 1. The molecule has 1 aromatic carbocycles. The second-order valence-corrected chi connectivity index (χ2v) is 5.08. The van der Waals surface area contributed by atoms with Gasteiger partial charge in [-0.3, -0.25) is 4.79 Å². The van der Waals surface area contributed by atoms with Crippen molar-refractivity contribution in [2.24, 2.45) is 10.9 Å². The topological polar surface area (TPSA) is 41.5 Å². The van der Waals surface area contributed by atoms with E-state index < -0.39 is 0 Å². The number of aliphatic imine (C=N–C) groups is 1. The minimum absolute atomic E-state index is 0.0520. The van der Waals surface area contributed by atoms with Gasteiger partial charge >= 0.3 is 0 Å². The monoisotopic (exact) mass is 280 g/mol. The quantitative estimate of drug-likeness (QED) is 0.847. The summed E-state index contributed by atoms with van der Waals surface area (Å²) in [6.45, 7) is 3.38. The molecule has 1 heterocycles. The van der Waals surface area contributed by atoms with Gasteiger partial charge in [-0.2, -0.15) is 0 Å². The Labute approximate surface area is 116 Å². The Bertz CT molecular complexity index is 542. The molecule has 1 N–H and O–H groups in total. The van der Waals surface area contributed by atoms with E-state index in [0.29, 0.717) is 10.1 Å². The molecule has 0 saturated carbocycles. The first kappa shape index (κ1) is 13.2. The Balaban J connectivity index is 2.48. The number of nitrogens with zero attached hydrogens (tertiary/aromatic N) is 1. The van der Waals surface area contributed by atoms with Gasteiger partial charge in [-0.15, -0.1) is 0 Å². The highest BCUT2D eigenvalue weighted by molar-refractivity contribution is 7.80. The SMILES string of the molecule is CC(=O)C1C(C)=NC(=S)NC1c1ccccc1Cl. The van der Waals surface area contributed by atoms with Gasteiger partial charge in [0, 0.05) is 10.7 Å². The van der Waals surface area contributed by atoms with Crippen molar-refractivity contribution in [2.75, 3.05) is 0 Å². The van der Waals surface area contributed by atoms with E-state index in [1.807, 2.05) is 25.1 Å². The number of nitrogens with one attached hydrogen (secondary N) is 1. The van der Waals surface area contributed by atoms with Crippen molar-refractivity contribution < 1.29 is 4.79 Å². The van der Waals surface area contributed by atoms with Gasteiger partial charge in [0.25, 0.3) is 0 Å². The molecule has 1 aliphatic rings. The number of benzene rings is 1. The highest BCUT2D eigenvalue weighted by Crippen LogP contribution is 2.31. The molecule has 0 spiro atoms. The van der Waals surface area contributed by atoms with Crippen molar-refractivity contribution in [3.05, 3.63) is 34.9 Å². The molecule has 0 amide bonds. The van der Waals surface area contributed by atoms with E-state index in [-0.39, 0.29) is 17.7 Å². The molecule has 3 nitrogen and oxygen atoms in total. The second-order valence-electron chi connectivity index (χ2n) is 4.29. The van der Waals surface area contributed by atoms with Crippen LogP contribution in [0.3, 0.4) is 0 Å². The standard InChI is InChI=1S/C13H13ClN2OS/c1-7-11(8(2)17)12(16-13(18)15-7)9-5-3-4-6-10(9)14/h3-6,11-12H,1-2H3,(H,16,18). The van der Waals surface area contributed by atoms with E-state index in [9.17, 15) is 4.79 Å². The fourth-order valence-electron chi connectivity index (χ4n) is 2.23. The first-order valence-electron chi connectivity index (χ1n) is 5.61. The number of rotatable bonds is 2. The first-order valence-corrected chi connectivity index (χ1v) is 6.40. The van der Waals surface area contributed by atoms with Crippen molar-refractivity contribution in [1.29, 1.82) is 0 Å². The minimum atomic E-state index is -0.323. The minimum Gasteiger partial charge on any atom is -0.353 e. The summed E-state index contributed by atoms with van der Waals surface area (Å²) in [7, 11) is 0. The molecular formula is C13H13ClN2OS. The molecule has 0 bridgehead atoms. The summed E-state index contributed by atoms with van der Waals surface area (Å²) >= 11 is 11.3. The predicted molar refractivity (Wildman–Crippen MR) is 77.2 cm³/mol. The van der Waals surface area contributed by atoms with Crippen molar-refractivity contribution in [2.45, 2.75) is 19.9 Å². The molecule has 0 saturated heterocycles. The van der Waals surface area contributed by atoms with Gasteiger partial charge in [0.15, 0.2) is 5.11 Å². The number of hydrogen-bond donors (Lipinski definition) is 1. The van der Waals surface area contributed by atoms with Crippen molar-refractivity contribution >= 4 is 40.4 Å². The van der Waals surface area contributed by atoms with Crippen LogP contribution in [0.1, 0.15) is 25.5 Å². The molecule has 0 fully saturated rings. The average molecular weight is 281 g/mol. The molecule has 94 valence electrons. The van der Waals surface area contributed by atoms with E-state index in [1.165, 1.54) is 0 Å². The van der Waals surface area contributed by atoms with Gasteiger partial charge in [-0.05, 0) is 37.7 Å². The zero-order chi connectivity index (χ0) is 13.3. The summed E-state index contributed by atoms with van der Waals surface area (Å²) in [5.74, 6) is -0.271. The Kier molecular flexibility index (Phi) is 3.78. The second kappa shape index (κ2) is 5.16. The van der Waals surface area contributed by atoms with E-state index in [4.69, 9.17) is 23.8 Å². The molecule has 2 rings (SSSR count). The lowest BCUT2D eigenvalue weighted by molar-refractivity contribution is -0.119. The number of halogens is 1. The maximum atomic E-state index is 11.8. The van der Waals surface area contributed by atoms with Gasteiger partial charge in [-0.25, -0.2) is 4.99 Å². The summed E-state index contributed by atoms with van der Waals surface area (Å²) in [5.41, 5.74) is 1.60. The third kappa shape index (κ3) is 2.44. The van der Waals surface area contributed by atoms with E-state index in [2.05, 4.69) is 10.3 Å². The first-order chi connectivity index (χ1) is 8.50. The van der Waals surface area contributed by atoms with E-state index in [1.54, 1.807) is 13.0 Å². The summed E-state index contributed by atoms with van der Waals surface area (Å²) in [4.78, 5) is 16.0. The van der Waals surface area contributed by atoms with Crippen molar-refractivity contribution in [3.8, 4) is 0 Å². The molecule has 5 heteroatoms. The molecule has 0 radical (unpaired) electrons. The van der Waals surface area contributed by atoms with Gasteiger partial charge in [0.1, 0.15) is 5.78 Å². The third-order valence-corrected chi connectivity index (χ3v) is 3.57. The number of thiocarbonyl (C=S) groups is 1. The lowest BCUT2D eigenvalue weighted by Gasteiger charge is -2.31. The van der Waals surface area contributed by atoms with Crippen LogP contribution in [-0.2, 0) is 4.79 Å². The van der Waals surface area contributed by atoms with E-state index >= 15 is 0 Å². The van der Waals surface area contributed by atoms with Crippen LogP contribution in [0.4, 0.5) is 0 Å². The molecular weight excluding hydrogens is 268 g/mol. The largest absolute Gasteiger partial charge is 0.353 e. The Morgan fingerprint density at radius 2 is 2.11 bits per heavy atom. The maximum Gasteiger partial charge on any atom is 0.193 e. The Morgan fingerprint density at radius 1 is 1.44 bits per heavy atom. The molecule has 2 atom stereocenters. The number of Topliss-reactive ketones (excluding diaryl/α,β-unsaturated/α-hetero) is 1. The Hall–Kier alpha value is -1.26. The van der Waals surface area contributed by atoms with Crippen molar-refractivity contribution in [3.63, 3.8) is 0 Å². The fourth-order valence-corrected chi connectivity index (χ4v) is 2.76. The summed E-state index contributed by atoms with van der Waals surface area (Å²) in [5, 5.41) is 4.10. The van der Waals surface area contributed by atoms with Crippen LogP contribution in [0, 0.1) is 5.92 Å². The smallest absolute Gasteiger partial charge is 0.193 e. The predicted octanol–water partition coefficient (Wildman–Crippen LogP) is 2.94. The summed E-state index contributed by atoms with van der Waals surface area (Å²) in [6.07, 6.45) is 0. The lowest BCUT2D eigenvalue weighted by atomic mass is 9.85. The van der Waals surface area contributed by atoms with Gasteiger partial charge in [0.05, 0.1) is 12.0 Å². The van der Waals surface area contributed by atoms with Crippen LogP contribution in [0.15, 0.2) is 29.3 Å². The lowest BCUT2D eigenvalue weighted by Crippen LogP contribution is -2.43. The fraction of sp³-hybridized carbons (Fsp3) is 0.308. The van der Waals surface area contributed by atoms with Crippen LogP contribution in [0.25, 0.3) is 0 Å². The molecule has 1 aliphatic heterocycles. The highest BCUT2D eigenvalue weighted by Gasteiger charge is 2.34. The average Bonchev–Trinajstić information content (AvgIpc) is 2.27. The van der Waals surface area contributed by atoms with Crippen LogP contribution >= 0.6 is 23.8 Å². The van der Waals surface area contributed by atoms with Crippen LogP contribution < -0.4 is 5.32 Å². The normalized spacial score (nSPS) is 23.3. The van der Waals surface area contributed by atoms with Crippen LogP contribution in [-0.4, -0.2) is 16.6 Å². The molecule has 0 aliphatic carbocycles. The number of carbonyl (C=O) groups excluding carboxylic acids is 1. The highest BCUT2D eigenvalue weighted by atomic mass is 35.5. The molecule has 0 aromatic heterocycles.